The molecule has 1 fully saturated rings. The smallest absolute Gasteiger partial charge is 0.240 e. The summed E-state index contributed by atoms with van der Waals surface area (Å²) >= 11 is 0. The Labute approximate surface area is 131 Å². The van der Waals surface area contributed by atoms with Gasteiger partial charge in [-0.05, 0) is 36.6 Å². The molecule has 1 amide bonds. The Bertz CT molecular complexity index is 596. The lowest BCUT2D eigenvalue weighted by molar-refractivity contribution is -0.135. The van der Waals surface area contributed by atoms with Crippen LogP contribution in [0.1, 0.15) is 17.5 Å². The van der Waals surface area contributed by atoms with Gasteiger partial charge in [0, 0.05) is 25.5 Å². The van der Waals surface area contributed by atoms with Crippen LogP contribution in [0.4, 0.5) is 0 Å². The number of benzene rings is 1. The molecule has 0 spiro atoms. The molecule has 114 valence electrons. The van der Waals surface area contributed by atoms with Crippen molar-refractivity contribution in [3.05, 3.63) is 66.0 Å². The molecule has 0 bridgehead atoms. The second-order valence-electron chi connectivity index (χ2n) is 5.65. The summed E-state index contributed by atoms with van der Waals surface area (Å²) in [4.78, 5) is 18.7. The molecule has 1 aromatic heterocycles. The summed E-state index contributed by atoms with van der Waals surface area (Å²) in [6.07, 6.45) is 5.40. The van der Waals surface area contributed by atoms with Gasteiger partial charge in [-0.25, -0.2) is 0 Å². The number of nitrogens with one attached hydrogen (secondary N) is 1. The molecule has 0 aliphatic carbocycles. The molecule has 4 nitrogen and oxygen atoms in total. The third-order valence-corrected chi connectivity index (χ3v) is 4.04. The standard InChI is InChI=1S/C18H21N3O/c22-18(17-8-11-20-17)21(14-16-7-4-10-19-13-16)12-9-15-5-2-1-3-6-15/h1-7,10,13,17,20H,8-9,11-12,14H2. The highest BCUT2D eigenvalue weighted by Crippen LogP contribution is 2.12. The summed E-state index contributed by atoms with van der Waals surface area (Å²) in [7, 11) is 0. The summed E-state index contributed by atoms with van der Waals surface area (Å²) in [5.41, 5.74) is 2.33. The van der Waals surface area contributed by atoms with Crippen LogP contribution in [0.15, 0.2) is 54.9 Å². The van der Waals surface area contributed by atoms with Gasteiger partial charge in [-0.2, -0.15) is 0 Å². The van der Waals surface area contributed by atoms with E-state index >= 15 is 0 Å². The fourth-order valence-corrected chi connectivity index (χ4v) is 2.61. The van der Waals surface area contributed by atoms with Crippen molar-refractivity contribution >= 4 is 5.91 Å². The molecule has 4 heteroatoms. The van der Waals surface area contributed by atoms with Gasteiger partial charge in [-0.1, -0.05) is 36.4 Å². The molecular weight excluding hydrogens is 274 g/mol. The molecule has 1 aromatic carbocycles. The van der Waals surface area contributed by atoms with Gasteiger partial charge < -0.3 is 10.2 Å². The van der Waals surface area contributed by atoms with Crippen LogP contribution in [0.3, 0.4) is 0 Å². The predicted molar refractivity (Wildman–Crippen MR) is 86.2 cm³/mol. The van der Waals surface area contributed by atoms with Gasteiger partial charge in [0.25, 0.3) is 0 Å². The molecule has 1 aliphatic heterocycles. The summed E-state index contributed by atoms with van der Waals surface area (Å²) in [6, 6.07) is 14.2. The Morgan fingerprint density at radius 1 is 1.18 bits per heavy atom. The van der Waals surface area contributed by atoms with Crippen LogP contribution in [0.2, 0.25) is 0 Å². The van der Waals surface area contributed by atoms with E-state index < -0.39 is 0 Å². The molecule has 0 saturated carbocycles. The molecule has 2 aromatic rings. The SMILES string of the molecule is O=C(C1CCN1)N(CCc1ccccc1)Cc1cccnc1. The second kappa shape index (κ2) is 7.18. The fraction of sp³-hybridized carbons (Fsp3) is 0.333. The number of hydrogen-bond donors (Lipinski definition) is 1. The van der Waals surface area contributed by atoms with E-state index in [9.17, 15) is 4.79 Å². The van der Waals surface area contributed by atoms with Crippen LogP contribution >= 0.6 is 0 Å². The van der Waals surface area contributed by atoms with E-state index in [0.717, 1.165) is 31.5 Å². The fourth-order valence-electron chi connectivity index (χ4n) is 2.61. The van der Waals surface area contributed by atoms with E-state index in [1.54, 1.807) is 6.20 Å². The molecule has 2 heterocycles. The first-order chi connectivity index (χ1) is 10.8. The van der Waals surface area contributed by atoms with Crippen LogP contribution < -0.4 is 5.32 Å². The van der Waals surface area contributed by atoms with Crippen LogP contribution in [0.25, 0.3) is 0 Å². The quantitative estimate of drug-likeness (QED) is 0.887. The van der Waals surface area contributed by atoms with Gasteiger partial charge in [0.1, 0.15) is 0 Å². The van der Waals surface area contributed by atoms with Crippen molar-refractivity contribution in [1.82, 2.24) is 15.2 Å². The van der Waals surface area contributed by atoms with Gasteiger partial charge in [0.2, 0.25) is 5.91 Å². The number of carbonyl (C=O) groups is 1. The Morgan fingerprint density at radius 2 is 1.95 bits per heavy atom. The molecule has 22 heavy (non-hydrogen) atoms. The van der Waals surface area contributed by atoms with Gasteiger partial charge in [-0.3, -0.25) is 9.78 Å². The third kappa shape index (κ3) is 3.71. The Hall–Kier alpha value is -2.20. The van der Waals surface area contributed by atoms with Crippen LogP contribution in [-0.2, 0) is 17.8 Å². The molecule has 3 rings (SSSR count). The zero-order valence-corrected chi connectivity index (χ0v) is 12.6. The van der Waals surface area contributed by atoms with Crippen molar-refractivity contribution in [3.8, 4) is 0 Å². The van der Waals surface area contributed by atoms with Crippen molar-refractivity contribution in [1.29, 1.82) is 0 Å². The number of amides is 1. The normalized spacial score (nSPS) is 16.8. The zero-order valence-electron chi connectivity index (χ0n) is 12.6. The average Bonchev–Trinajstić information content (AvgIpc) is 2.51. The Morgan fingerprint density at radius 3 is 2.59 bits per heavy atom. The summed E-state index contributed by atoms with van der Waals surface area (Å²) < 4.78 is 0. The number of hydrogen-bond acceptors (Lipinski definition) is 3. The number of rotatable bonds is 6. The Balaban J connectivity index is 1.66. The zero-order chi connectivity index (χ0) is 15.2. The molecule has 0 radical (unpaired) electrons. The maximum absolute atomic E-state index is 12.6. The van der Waals surface area contributed by atoms with E-state index in [1.807, 2.05) is 41.4 Å². The van der Waals surface area contributed by atoms with Crippen molar-refractivity contribution in [3.63, 3.8) is 0 Å². The maximum atomic E-state index is 12.6. The summed E-state index contributed by atoms with van der Waals surface area (Å²) in [6.45, 7) is 2.30. The number of nitrogens with zero attached hydrogens (tertiary/aromatic N) is 2. The third-order valence-electron chi connectivity index (χ3n) is 4.04. The molecular formula is C18H21N3O. The molecule has 1 aliphatic rings. The van der Waals surface area contributed by atoms with Crippen LogP contribution in [-0.4, -0.2) is 34.9 Å². The van der Waals surface area contributed by atoms with E-state index in [4.69, 9.17) is 0 Å². The van der Waals surface area contributed by atoms with Crippen molar-refractivity contribution in [2.24, 2.45) is 0 Å². The predicted octanol–water partition coefficient (Wildman–Crippen LogP) is 2.01. The minimum atomic E-state index is -0.00700. The first-order valence-electron chi connectivity index (χ1n) is 7.78. The van der Waals surface area contributed by atoms with Crippen molar-refractivity contribution in [2.45, 2.75) is 25.4 Å². The highest BCUT2D eigenvalue weighted by Gasteiger charge is 2.28. The van der Waals surface area contributed by atoms with Gasteiger partial charge >= 0.3 is 0 Å². The first-order valence-corrected chi connectivity index (χ1v) is 7.78. The van der Waals surface area contributed by atoms with Gasteiger partial charge in [0.05, 0.1) is 6.04 Å². The average molecular weight is 295 g/mol. The molecule has 1 unspecified atom stereocenters. The van der Waals surface area contributed by atoms with E-state index in [-0.39, 0.29) is 11.9 Å². The Kier molecular flexibility index (Phi) is 4.81. The van der Waals surface area contributed by atoms with E-state index in [0.29, 0.717) is 6.54 Å². The highest BCUT2D eigenvalue weighted by molar-refractivity contribution is 5.82. The minimum Gasteiger partial charge on any atom is -0.337 e. The topological polar surface area (TPSA) is 45.2 Å². The van der Waals surface area contributed by atoms with Crippen molar-refractivity contribution in [2.75, 3.05) is 13.1 Å². The molecule has 1 N–H and O–H groups in total. The maximum Gasteiger partial charge on any atom is 0.240 e. The first kappa shape index (κ1) is 14.7. The summed E-state index contributed by atoms with van der Waals surface area (Å²) in [5.74, 6) is 0.200. The molecule has 1 atom stereocenters. The van der Waals surface area contributed by atoms with Crippen LogP contribution in [0.5, 0.6) is 0 Å². The van der Waals surface area contributed by atoms with Crippen LogP contribution in [0, 0.1) is 0 Å². The number of pyridine rings is 1. The van der Waals surface area contributed by atoms with Crippen molar-refractivity contribution < 1.29 is 4.79 Å². The van der Waals surface area contributed by atoms with Gasteiger partial charge in [-0.15, -0.1) is 0 Å². The minimum absolute atomic E-state index is 0.00700. The summed E-state index contributed by atoms with van der Waals surface area (Å²) in [5, 5.41) is 3.20. The monoisotopic (exact) mass is 295 g/mol. The number of carbonyl (C=O) groups excluding carboxylic acids is 1. The lowest BCUT2D eigenvalue weighted by Crippen LogP contribution is -2.54. The number of aromatic nitrogens is 1. The van der Waals surface area contributed by atoms with E-state index in [2.05, 4.69) is 22.4 Å². The van der Waals surface area contributed by atoms with Gasteiger partial charge in [0.15, 0.2) is 0 Å². The largest absolute Gasteiger partial charge is 0.337 e. The lowest BCUT2D eigenvalue weighted by Gasteiger charge is -2.33. The highest BCUT2D eigenvalue weighted by atomic mass is 16.2. The lowest BCUT2D eigenvalue weighted by atomic mass is 10.0. The second-order valence-corrected chi connectivity index (χ2v) is 5.65. The van der Waals surface area contributed by atoms with E-state index in [1.165, 1.54) is 5.56 Å². The molecule has 1 saturated heterocycles.